The van der Waals surface area contributed by atoms with Gasteiger partial charge in [0.15, 0.2) is 0 Å². The molecule has 0 unspecified atom stereocenters. The number of hydrogen-bond acceptors (Lipinski definition) is 3. The van der Waals surface area contributed by atoms with Gasteiger partial charge in [-0.3, -0.25) is 4.79 Å². The van der Waals surface area contributed by atoms with Crippen molar-refractivity contribution < 1.29 is 9.53 Å². The highest BCUT2D eigenvalue weighted by Crippen LogP contribution is 2.23. The zero-order valence-electron chi connectivity index (χ0n) is 15.7. The van der Waals surface area contributed by atoms with E-state index in [1.807, 2.05) is 55.5 Å². The summed E-state index contributed by atoms with van der Waals surface area (Å²) >= 11 is 6.09. The van der Waals surface area contributed by atoms with Gasteiger partial charge in [-0.1, -0.05) is 35.9 Å². The molecular formula is C23H18ClN3O2. The van der Waals surface area contributed by atoms with Crippen LogP contribution in [0.15, 0.2) is 84.9 Å². The van der Waals surface area contributed by atoms with E-state index < -0.39 is 0 Å². The summed E-state index contributed by atoms with van der Waals surface area (Å²) in [5.41, 5.74) is 2.07. The molecule has 0 saturated carbocycles. The van der Waals surface area contributed by atoms with Gasteiger partial charge in [0.1, 0.15) is 17.3 Å². The summed E-state index contributed by atoms with van der Waals surface area (Å²) in [6, 6.07) is 25.6. The summed E-state index contributed by atoms with van der Waals surface area (Å²) in [5, 5.41) is 7.96. The van der Waals surface area contributed by atoms with Crippen molar-refractivity contribution in [1.29, 1.82) is 0 Å². The molecule has 0 bridgehead atoms. The summed E-state index contributed by atoms with van der Waals surface area (Å²) in [7, 11) is 0. The van der Waals surface area contributed by atoms with E-state index in [2.05, 4.69) is 10.4 Å². The highest BCUT2D eigenvalue weighted by Gasteiger charge is 2.13. The minimum atomic E-state index is -0.237. The van der Waals surface area contributed by atoms with Crippen molar-refractivity contribution in [3.05, 3.63) is 101 Å². The molecule has 4 aromatic rings. The van der Waals surface area contributed by atoms with E-state index >= 15 is 0 Å². The van der Waals surface area contributed by atoms with Crippen molar-refractivity contribution in [2.24, 2.45) is 0 Å². The number of nitrogens with one attached hydrogen (secondary N) is 1. The number of rotatable bonds is 5. The Bertz CT molecular complexity index is 1140. The zero-order valence-corrected chi connectivity index (χ0v) is 16.4. The fourth-order valence-corrected chi connectivity index (χ4v) is 3.07. The van der Waals surface area contributed by atoms with Gasteiger partial charge in [-0.05, 0) is 61.5 Å². The maximum atomic E-state index is 12.7. The lowest BCUT2D eigenvalue weighted by Crippen LogP contribution is -2.15. The maximum Gasteiger partial charge on any atom is 0.256 e. The Balaban J connectivity index is 1.51. The quantitative estimate of drug-likeness (QED) is 0.452. The fraction of sp³-hybridized carbons (Fsp3) is 0.0435. The van der Waals surface area contributed by atoms with Gasteiger partial charge in [0, 0.05) is 16.7 Å². The third kappa shape index (κ3) is 4.47. The number of carbonyl (C=O) groups is 1. The number of halogens is 1. The van der Waals surface area contributed by atoms with Gasteiger partial charge in [0.25, 0.3) is 5.91 Å². The van der Waals surface area contributed by atoms with Gasteiger partial charge >= 0.3 is 0 Å². The minimum absolute atomic E-state index is 0.237. The molecule has 0 aliphatic rings. The average Bonchev–Trinajstić information content (AvgIpc) is 3.09. The molecule has 5 nitrogen and oxygen atoms in total. The Labute approximate surface area is 173 Å². The molecular weight excluding hydrogens is 386 g/mol. The molecule has 1 N–H and O–H groups in total. The molecule has 6 heteroatoms. The van der Waals surface area contributed by atoms with Crippen LogP contribution in [0.1, 0.15) is 16.1 Å². The van der Waals surface area contributed by atoms with Crippen LogP contribution in [0.25, 0.3) is 5.69 Å². The van der Waals surface area contributed by atoms with Crippen LogP contribution in [0.4, 0.5) is 5.82 Å². The van der Waals surface area contributed by atoms with Crippen LogP contribution < -0.4 is 10.1 Å². The van der Waals surface area contributed by atoms with E-state index in [-0.39, 0.29) is 5.91 Å². The highest BCUT2D eigenvalue weighted by molar-refractivity contribution is 6.30. The monoisotopic (exact) mass is 403 g/mol. The number of carbonyl (C=O) groups excluding carboxylic acids is 1. The van der Waals surface area contributed by atoms with Crippen LogP contribution in [0.2, 0.25) is 5.02 Å². The van der Waals surface area contributed by atoms with Gasteiger partial charge in [-0.15, -0.1) is 0 Å². The first kappa shape index (κ1) is 18.8. The Morgan fingerprint density at radius 1 is 0.931 bits per heavy atom. The molecule has 0 radical (unpaired) electrons. The van der Waals surface area contributed by atoms with Gasteiger partial charge in [0.2, 0.25) is 0 Å². The van der Waals surface area contributed by atoms with E-state index in [9.17, 15) is 4.79 Å². The minimum Gasteiger partial charge on any atom is -0.457 e. The third-order valence-electron chi connectivity index (χ3n) is 4.22. The van der Waals surface area contributed by atoms with Gasteiger partial charge in [0.05, 0.1) is 11.4 Å². The molecule has 0 saturated heterocycles. The van der Waals surface area contributed by atoms with Gasteiger partial charge < -0.3 is 10.1 Å². The molecule has 1 aromatic heterocycles. The molecule has 0 atom stereocenters. The molecule has 0 spiro atoms. The largest absolute Gasteiger partial charge is 0.457 e. The Morgan fingerprint density at radius 2 is 1.66 bits per heavy atom. The molecule has 0 fully saturated rings. The molecule has 0 aliphatic carbocycles. The van der Waals surface area contributed by atoms with Crippen LogP contribution in [0, 0.1) is 6.92 Å². The summed E-state index contributed by atoms with van der Waals surface area (Å²) in [6.07, 6.45) is 0. The van der Waals surface area contributed by atoms with Gasteiger partial charge in [-0.25, -0.2) is 4.68 Å². The number of ether oxygens (including phenoxy) is 1. The molecule has 1 heterocycles. The van der Waals surface area contributed by atoms with Crippen molar-refractivity contribution in [2.75, 3.05) is 5.32 Å². The number of anilines is 1. The van der Waals surface area contributed by atoms with Crippen LogP contribution in [0.5, 0.6) is 11.5 Å². The van der Waals surface area contributed by atoms with Crippen molar-refractivity contribution in [3.8, 4) is 17.2 Å². The Hall–Kier alpha value is -3.57. The van der Waals surface area contributed by atoms with E-state index in [0.717, 1.165) is 17.1 Å². The Morgan fingerprint density at radius 3 is 2.38 bits per heavy atom. The number of amides is 1. The predicted molar refractivity (Wildman–Crippen MR) is 114 cm³/mol. The van der Waals surface area contributed by atoms with E-state index in [0.29, 0.717) is 22.2 Å². The van der Waals surface area contributed by atoms with E-state index in [4.69, 9.17) is 16.3 Å². The lowest BCUT2D eigenvalue weighted by Gasteiger charge is -2.10. The molecule has 4 rings (SSSR count). The standard InChI is InChI=1S/C23H18ClN3O2/c1-16-14-22(27(26-16)19-7-5-6-18(24)15-19)25-23(28)17-10-12-21(13-11-17)29-20-8-3-2-4-9-20/h2-15H,1H3,(H,25,28). The number of para-hydroxylation sites is 1. The topological polar surface area (TPSA) is 56.1 Å². The Kier molecular flexibility index (Phi) is 5.31. The van der Waals surface area contributed by atoms with Crippen molar-refractivity contribution in [1.82, 2.24) is 9.78 Å². The molecule has 1 amide bonds. The number of aryl methyl sites for hydroxylation is 1. The van der Waals surface area contributed by atoms with Crippen molar-refractivity contribution in [3.63, 3.8) is 0 Å². The predicted octanol–water partition coefficient (Wildman–Crippen LogP) is 5.88. The third-order valence-corrected chi connectivity index (χ3v) is 4.46. The highest BCUT2D eigenvalue weighted by atomic mass is 35.5. The van der Waals surface area contributed by atoms with E-state index in [1.165, 1.54) is 0 Å². The smallest absolute Gasteiger partial charge is 0.256 e. The van der Waals surface area contributed by atoms with Crippen molar-refractivity contribution in [2.45, 2.75) is 6.92 Å². The number of nitrogens with zero attached hydrogens (tertiary/aromatic N) is 2. The number of hydrogen-bond donors (Lipinski definition) is 1. The lowest BCUT2D eigenvalue weighted by atomic mass is 10.2. The molecule has 29 heavy (non-hydrogen) atoms. The summed E-state index contributed by atoms with van der Waals surface area (Å²) in [6.45, 7) is 1.87. The SMILES string of the molecule is Cc1cc(NC(=O)c2ccc(Oc3ccccc3)cc2)n(-c2cccc(Cl)c2)n1. The second-order valence-electron chi connectivity index (χ2n) is 6.46. The first-order valence-corrected chi connectivity index (χ1v) is 9.43. The second-order valence-corrected chi connectivity index (χ2v) is 6.89. The summed E-state index contributed by atoms with van der Waals surface area (Å²) in [5.74, 6) is 1.73. The zero-order chi connectivity index (χ0) is 20.2. The molecule has 0 aliphatic heterocycles. The first-order chi connectivity index (χ1) is 14.1. The van der Waals surface area contributed by atoms with Crippen LogP contribution in [-0.4, -0.2) is 15.7 Å². The lowest BCUT2D eigenvalue weighted by molar-refractivity contribution is 0.102. The van der Waals surface area contributed by atoms with Crippen LogP contribution in [0.3, 0.4) is 0 Å². The maximum absolute atomic E-state index is 12.7. The summed E-state index contributed by atoms with van der Waals surface area (Å²) in [4.78, 5) is 12.7. The second kappa shape index (κ2) is 8.20. The van der Waals surface area contributed by atoms with Crippen LogP contribution in [-0.2, 0) is 0 Å². The number of aromatic nitrogens is 2. The fourth-order valence-electron chi connectivity index (χ4n) is 2.88. The van der Waals surface area contributed by atoms with E-state index in [1.54, 1.807) is 41.1 Å². The summed E-state index contributed by atoms with van der Waals surface area (Å²) < 4.78 is 7.42. The van der Waals surface area contributed by atoms with Crippen LogP contribution >= 0.6 is 11.6 Å². The van der Waals surface area contributed by atoms with Crippen molar-refractivity contribution >= 4 is 23.3 Å². The number of benzene rings is 3. The van der Waals surface area contributed by atoms with Gasteiger partial charge in [-0.2, -0.15) is 5.10 Å². The first-order valence-electron chi connectivity index (χ1n) is 9.05. The molecule has 3 aromatic carbocycles. The normalized spacial score (nSPS) is 10.6. The molecule has 144 valence electrons. The average molecular weight is 404 g/mol.